The number of piperazine rings is 1. The molecule has 0 radical (unpaired) electrons. The lowest BCUT2D eigenvalue weighted by Gasteiger charge is -2.42. The van der Waals surface area contributed by atoms with E-state index in [1.165, 1.54) is 6.07 Å². The molecular formula is C15H21ClN2O2. The highest BCUT2D eigenvalue weighted by atomic mass is 35.5. The van der Waals surface area contributed by atoms with Gasteiger partial charge in [-0.1, -0.05) is 17.7 Å². The largest absolute Gasteiger partial charge is 0.478 e. The molecule has 1 N–H and O–H groups in total. The summed E-state index contributed by atoms with van der Waals surface area (Å²) in [6, 6.07) is 5.99. The molecule has 2 rings (SSSR count). The van der Waals surface area contributed by atoms with Crippen molar-refractivity contribution in [3.63, 3.8) is 0 Å². The number of carbonyl (C=O) groups is 1. The van der Waals surface area contributed by atoms with Crippen LogP contribution in [0.2, 0.25) is 5.02 Å². The SMILES string of the molecule is CC1CN(Cc2ccc(C(=O)O)cc2Cl)CC(C)N1C. The first kappa shape index (κ1) is 15.3. The number of halogens is 1. The molecular weight excluding hydrogens is 276 g/mol. The van der Waals surface area contributed by atoms with Crippen LogP contribution in [0.25, 0.3) is 0 Å². The van der Waals surface area contributed by atoms with Crippen LogP contribution in [-0.4, -0.2) is 53.1 Å². The number of carboxylic acids is 1. The molecule has 0 bridgehead atoms. The molecule has 1 aliphatic heterocycles. The van der Waals surface area contributed by atoms with Crippen molar-refractivity contribution >= 4 is 17.6 Å². The van der Waals surface area contributed by atoms with Crippen molar-refractivity contribution in [2.45, 2.75) is 32.5 Å². The number of hydrogen-bond acceptors (Lipinski definition) is 3. The van der Waals surface area contributed by atoms with Crippen LogP contribution in [-0.2, 0) is 6.54 Å². The third-order valence-corrected chi connectivity index (χ3v) is 4.48. The molecule has 0 spiro atoms. The van der Waals surface area contributed by atoms with Gasteiger partial charge in [0, 0.05) is 36.7 Å². The van der Waals surface area contributed by atoms with Gasteiger partial charge in [0.05, 0.1) is 5.56 Å². The van der Waals surface area contributed by atoms with Crippen molar-refractivity contribution < 1.29 is 9.90 Å². The number of carboxylic acid groups (broad SMARTS) is 1. The highest BCUT2D eigenvalue weighted by Crippen LogP contribution is 2.22. The lowest BCUT2D eigenvalue weighted by molar-refractivity contribution is 0.0556. The Bertz CT molecular complexity index is 495. The minimum Gasteiger partial charge on any atom is -0.478 e. The minimum absolute atomic E-state index is 0.235. The number of benzene rings is 1. The summed E-state index contributed by atoms with van der Waals surface area (Å²) >= 11 is 6.19. The summed E-state index contributed by atoms with van der Waals surface area (Å²) in [5, 5.41) is 9.48. The Morgan fingerprint density at radius 1 is 1.35 bits per heavy atom. The van der Waals surface area contributed by atoms with E-state index in [1.807, 2.05) is 6.07 Å². The van der Waals surface area contributed by atoms with Gasteiger partial charge in [-0.25, -0.2) is 4.79 Å². The van der Waals surface area contributed by atoms with Gasteiger partial charge in [-0.05, 0) is 38.6 Å². The Hall–Kier alpha value is -1.10. The van der Waals surface area contributed by atoms with Gasteiger partial charge in [0.1, 0.15) is 0 Å². The number of aromatic carboxylic acids is 1. The second-order valence-corrected chi connectivity index (χ2v) is 6.08. The Morgan fingerprint density at radius 3 is 2.45 bits per heavy atom. The molecule has 1 aromatic rings. The van der Waals surface area contributed by atoms with Crippen molar-refractivity contribution in [3.8, 4) is 0 Å². The highest BCUT2D eigenvalue weighted by Gasteiger charge is 2.26. The third kappa shape index (κ3) is 3.32. The van der Waals surface area contributed by atoms with Gasteiger partial charge < -0.3 is 5.11 Å². The minimum atomic E-state index is -0.944. The average Bonchev–Trinajstić information content (AvgIpc) is 2.38. The van der Waals surface area contributed by atoms with Gasteiger partial charge >= 0.3 is 5.97 Å². The zero-order chi connectivity index (χ0) is 14.9. The molecule has 4 nitrogen and oxygen atoms in total. The third-order valence-electron chi connectivity index (χ3n) is 4.13. The monoisotopic (exact) mass is 296 g/mol. The molecule has 110 valence electrons. The Balaban J connectivity index is 2.09. The average molecular weight is 297 g/mol. The number of nitrogens with zero attached hydrogens (tertiary/aromatic N) is 2. The van der Waals surface area contributed by atoms with Crippen LogP contribution in [0.1, 0.15) is 29.8 Å². The van der Waals surface area contributed by atoms with E-state index in [2.05, 4.69) is 30.7 Å². The molecule has 0 aromatic heterocycles. The van der Waals surface area contributed by atoms with Gasteiger partial charge in [-0.15, -0.1) is 0 Å². The summed E-state index contributed by atoms with van der Waals surface area (Å²) in [4.78, 5) is 15.7. The predicted octanol–water partition coefficient (Wildman–Crippen LogP) is 2.56. The zero-order valence-corrected chi connectivity index (χ0v) is 12.9. The van der Waals surface area contributed by atoms with Crippen LogP contribution in [0.4, 0.5) is 0 Å². The molecule has 2 unspecified atom stereocenters. The summed E-state index contributed by atoms with van der Waals surface area (Å²) in [6.45, 7) is 7.20. The van der Waals surface area contributed by atoms with Crippen molar-refractivity contribution in [1.29, 1.82) is 0 Å². The molecule has 0 saturated carbocycles. The van der Waals surface area contributed by atoms with E-state index in [0.717, 1.165) is 25.2 Å². The van der Waals surface area contributed by atoms with Crippen LogP contribution in [0, 0.1) is 0 Å². The van der Waals surface area contributed by atoms with Crippen LogP contribution in [0.3, 0.4) is 0 Å². The summed E-state index contributed by atoms with van der Waals surface area (Å²) in [5.74, 6) is -0.944. The predicted molar refractivity (Wildman–Crippen MR) is 80.4 cm³/mol. The van der Waals surface area contributed by atoms with Crippen molar-refractivity contribution in [2.75, 3.05) is 20.1 Å². The van der Waals surface area contributed by atoms with Crippen molar-refractivity contribution in [3.05, 3.63) is 34.3 Å². The molecule has 1 aliphatic rings. The van der Waals surface area contributed by atoms with Crippen LogP contribution in [0.5, 0.6) is 0 Å². The van der Waals surface area contributed by atoms with Gasteiger partial charge in [0.25, 0.3) is 0 Å². The molecule has 1 aromatic carbocycles. The van der Waals surface area contributed by atoms with E-state index in [1.54, 1.807) is 6.07 Å². The maximum atomic E-state index is 10.9. The summed E-state index contributed by atoms with van der Waals surface area (Å²) in [7, 11) is 2.15. The Morgan fingerprint density at radius 2 is 1.95 bits per heavy atom. The van der Waals surface area contributed by atoms with Crippen LogP contribution >= 0.6 is 11.6 Å². The first-order valence-electron chi connectivity index (χ1n) is 6.84. The van der Waals surface area contributed by atoms with E-state index < -0.39 is 5.97 Å². The molecule has 20 heavy (non-hydrogen) atoms. The maximum Gasteiger partial charge on any atom is 0.335 e. The van der Waals surface area contributed by atoms with Gasteiger partial charge in [-0.2, -0.15) is 0 Å². The fourth-order valence-electron chi connectivity index (χ4n) is 2.69. The maximum absolute atomic E-state index is 10.9. The lowest BCUT2D eigenvalue weighted by Crippen LogP contribution is -2.54. The fraction of sp³-hybridized carbons (Fsp3) is 0.533. The van der Waals surface area contributed by atoms with E-state index in [-0.39, 0.29) is 5.56 Å². The Labute approximate surface area is 124 Å². The zero-order valence-electron chi connectivity index (χ0n) is 12.1. The van der Waals surface area contributed by atoms with Gasteiger partial charge in [0.2, 0.25) is 0 Å². The smallest absolute Gasteiger partial charge is 0.335 e. The molecule has 2 atom stereocenters. The molecule has 1 fully saturated rings. The normalized spacial score (nSPS) is 24.8. The summed E-state index contributed by atoms with van der Waals surface area (Å²) in [5.41, 5.74) is 1.22. The van der Waals surface area contributed by atoms with Crippen LogP contribution < -0.4 is 0 Å². The first-order valence-corrected chi connectivity index (χ1v) is 7.22. The first-order chi connectivity index (χ1) is 9.38. The standard InChI is InChI=1S/C15H21ClN2O2/c1-10-7-18(8-11(2)17(10)3)9-13-5-4-12(15(19)20)6-14(13)16/h4-6,10-11H,7-9H2,1-3H3,(H,19,20). The van der Waals surface area contributed by atoms with E-state index >= 15 is 0 Å². The Kier molecular flexibility index (Phi) is 4.68. The fourth-order valence-corrected chi connectivity index (χ4v) is 2.93. The van der Waals surface area contributed by atoms with E-state index in [9.17, 15) is 4.79 Å². The van der Waals surface area contributed by atoms with Crippen LogP contribution in [0.15, 0.2) is 18.2 Å². The molecule has 0 aliphatic carbocycles. The molecule has 1 heterocycles. The van der Waals surface area contributed by atoms with E-state index in [0.29, 0.717) is 17.1 Å². The van der Waals surface area contributed by atoms with Crippen molar-refractivity contribution in [2.24, 2.45) is 0 Å². The number of hydrogen-bond donors (Lipinski definition) is 1. The second-order valence-electron chi connectivity index (χ2n) is 5.67. The van der Waals surface area contributed by atoms with E-state index in [4.69, 9.17) is 16.7 Å². The second kappa shape index (κ2) is 6.12. The molecule has 5 heteroatoms. The molecule has 1 saturated heterocycles. The molecule has 0 amide bonds. The number of likely N-dealkylation sites (N-methyl/N-ethyl adjacent to an activating group) is 1. The summed E-state index contributed by atoms with van der Waals surface area (Å²) < 4.78 is 0. The van der Waals surface area contributed by atoms with Crippen molar-refractivity contribution in [1.82, 2.24) is 9.80 Å². The topological polar surface area (TPSA) is 43.8 Å². The summed E-state index contributed by atoms with van der Waals surface area (Å²) in [6.07, 6.45) is 0. The van der Waals surface area contributed by atoms with Gasteiger partial charge in [-0.3, -0.25) is 9.80 Å². The van der Waals surface area contributed by atoms with Gasteiger partial charge in [0.15, 0.2) is 0 Å². The quantitative estimate of drug-likeness (QED) is 0.931. The number of rotatable bonds is 3. The highest BCUT2D eigenvalue weighted by molar-refractivity contribution is 6.31. The lowest BCUT2D eigenvalue weighted by atomic mass is 10.1.